The van der Waals surface area contributed by atoms with E-state index >= 15 is 0 Å². The molecule has 0 heterocycles. The molecule has 3 rings (SSSR count). The second-order valence-corrected chi connectivity index (χ2v) is 5.19. The third-order valence-corrected chi connectivity index (χ3v) is 3.66. The maximum atomic E-state index is 2.37. The van der Waals surface area contributed by atoms with E-state index in [9.17, 15) is 0 Å². The molecule has 0 aliphatic rings. The highest BCUT2D eigenvalue weighted by Crippen LogP contribution is 2.29. The normalized spacial score (nSPS) is 10.3. The van der Waals surface area contributed by atoms with Crippen molar-refractivity contribution in [3.05, 3.63) is 96.1 Å². The van der Waals surface area contributed by atoms with Crippen molar-refractivity contribution in [1.29, 1.82) is 0 Å². The Labute approximate surface area is 126 Å². The first-order valence-corrected chi connectivity index (χ1v) is 7.27. The lowest BCUT2D eigenvalue weighted by Gasteiger charge is -2.27. The molecule has 0 unspecified atom stereocenters. The Hall–Kier alpha value is -2.54. The number of para-hydroxylation sites is 2. The monoisotopic (exact) mass is 273 g/mol. The lowest BCUT2D eigenvalue weighted by atomic mass is 10.1. The van der Waals surface area contributed by atoms with Gasteiger partial charge in [-0.2, -0.15) is 0 Å². The first kappa shape index (κ1) is 13.4. The van der Waals surface area contributed by atoms with Gasteiger partial charge in [-0.25, -0.2) is 0 Å². The summed E-state index contributed by atoms with van der Waals surface area (Å²) < 4.78 is 0. The highest BCUT2D eigenvalue weighted by molar-refractivity contribution is 5.66. The van der Waals surface area contributed by atoms with Crippen molar-refractivity contribution in [1.82, 2.24) is 0 Å². The Balaban J connectivity index is 2.02. The molecule has 0 saturated heterocycles. The number of hydrogen-bond acceptors (Lipinski definition) is 1. The molecule has 0 aliphatic carbocycles. The van der Waals surface area contributed by atoms with Crippen LogP contribution in [0.25, 0.3) is 0 Å². The molecule has 0 atom stereocenters. The molecule has 1 nitrogen and oxygen atoms in total. The van der Waals surface area contributed by atoms with Crippen LogP contribution in [0.4, 0.5) is 11.4 Å². The van der Waals surface area contributed by atoms with Crippen LogP contribution < -0.4 is 4.90 Å². The molecule has 0 aromatic heterocycles. The van der Waals surface area contributed by atoms with Crippen LogP contribution in [0.3, 0.4) is 0 Å². The zero-order chi connectivity index (χ0) is 14.5. The van der Waals surface area contributed by atoms with Crippen LogP contribution in [0.5, 0.6) is 0 Å². The van der Waals surface area contributed by atoms with Crippen molar-refractivity contribution < 1.29 is 0 Å². The van der Waals surface area contributed by atoms with Gasteiger partial charge < -0.3 is 4.90 Å². The fourth-order valence-corrected chi connectivity index (χ4v) is 2.56. The maximum Gasteiger partial charge on any atom is 0.0481 e. The minimum Gasteiger partial charge on any atom is -0.337 e. The van der Waals surface area contributed by atoms with Crippen LogP contribution in [0.2, 0.25) is 0 Å². The number of nitrogens with zero attached hydrogens (tertiary/aromatic N) is 1. The zero-order valence-corrected chi connectivity index (χ0v) is 12.2. The largest absolute Gasteiger partial charge is 0.337 e. The van der Waals surface area contributed by atoms with Crippen LogP contribution >= 0.6 is 0 Å². The van der Waals surface area contributed by atoms with E-state index in [-0.39, 0.29) is 0 Å². The first-order chi connectivity index (χ1) is 10.3. The predicted octanol–water partition coefficient (Wildman–Crippen LogP) is 5.33. The van der Waals surface area contributed by atoms with Gasteiger partial charge in [0.1, 0.15) is 0 Å². The molecule has 0 fully saturated rings. The van der Waals surface area contributed by atoms with Gasteiger partial charge in [0.25, 0.3) is 0 Å². The van der Waals surface area contributed by atoms with E-state index in [2.05, 4.69) is 96.8 Å². The quantitative estimate of drug-likeness (QED) is 0.620. The van der Waals surface area contributed by atoms with Crippen LogP contribution in [0.15, 0.2) is 84.9 Å². The summed E-state index contributed by atoms with van der Waals surface area (Å²) in [6.07, 6.45) is 0. The van der Waals surface area contributed by atoms with Gasteiger partial charge in [0.05, 0.1) is 0 Å². The summed E-state index contributed by atoms with van der Waals surface area (Å²) in [5.74, 6) is 0. The molecule has 3 aromatic rings. The third kappa shape index (κ3) is 3.14. The fraction of sp³-hybridized carbons (Fsp3) is 0.100. The first-order valence-electron chi connectivity index (χ1n) is 7.27. The summed E-state index contributed by atoms with van der Waals surface area (Å²) in [5, 5.41) is 0. The molecule has 104 valence electrons. The second-order valence-electron chi connectivity index (χ2n) is 5.19. The average molecular weight is 273 g/mol. The maximum absolute atomic E-state index is 2.37. The number of anilines is 2. The Kier molecular flexibility index (Phi) is 4.02. The van der Waals surface area contributed by atoms with Gasteiger partial charge in [-0.15, -0.1) is 0 Å². The van der Waals surface area contributed by atoms with Gasteiger partial charge >= 0.3 is 0 Å². The summed E-state index contributed by atoms with van der Waals surface area (Å²) in [4.78, 5) is 2.37. The minimum absolute atomic E-state index is 0.871. The standard InChI is InChI=1S/C20H19N/c1-17-10-8-9-15-20(17)21(19-13-6-3-7-14-19)16-18-11-4-2-5-12-18/h2-15H,16H2,1H3. The summed E-state index contributed by atoms with van der Waals surface area (Å²) in [7, 11) is 0. The van der Waals surface area contributed by atoms with Gasteiger partial charge in [0, 0.05) is 17.9 Å². The zero-order valence-electron chi connectivity index (χ0n) is 12.2. The van der Waals surface area contributed by atoms with E-state index in [4.69, 9.17) is 0 Å². The molecule has 0 aliphatic heterocycles. The van der Waals surface area contributed by atoms with Gasteiger partial charge in [-0.3, -0.25) is 0 Å². The predicted molar refractivity (Wildman–Crippen MR) is 89.9 cm³/mol. The van der Waals surface area contributed by atoms with Gasteiger partial charge in [-0.05, 0) is 36.2 Å². The highest BCUT2D eigenvalue weighted by Gasteiger charge is 2.11. The molecule has 0 N–H and O–H groups in total. The molecule has 3 aromatic carbocycles. The molecule has 0 amide bonds. The number of aryl methyl sites for hydroxylation is 1. The second kappa shape index (κ2) is 6.27. The summed E-state index contributed by atoms with van der Waals surface area (Å²) in [6.45, 7) is 3.03. The SMILES string of the molecule is Cc1ccccc1N(Cc1ccccc1)c1ccccc1. The van der Waals surface area contributed by atoms with Crippen LogP contribution in [-0.4, -0.2) is 0 Å². The Morgan fingerprint density at radius 2 is 1.24 bits per heavy atom. The van der Waals surface area contributed by atoms with Gasteiger partial charge in [0.15, 0.2) is 0 Å². The van der Waals surface area contributed by atoms with E-state index < -0.39 is 0 Å². The minimum atomic E-state index is 0.871. The molecule has 0 saturated carbocycles. The molecule has 0 radical (unpaired) electrons. The van der Waals surface area contributed by atoms with E-state index in [0.717, 1.165) is 6.54 Å². The Bertz CT molecular complexity index is 689. The number of hydrogen-bond donors (Lipinski definition) is 0. The Morgan fingerprint density at radius 1 is 0.667 bits per heavy atom. The molecular formula is C20H19N. The smallest absolute Gasteiger partial charge is 0.0481 e. The molecular weight excluding hydrogens is 254 g/mol. The van der Waals surface area contributed by atoms with E-state index in [1.165, 1.54) is 22.5 Å². The third-order valence-electron chi connectivity index (χ3n) is 3.66. The van der Waals surface area contributed by atoms with Gasteiger partial charge in [-0.1, -0.05) is 66.7 Å². The summed E-state index contributed by atoms with van der Waals surface area (Å²) in [5.41, 5.74) is 5.07. The van der Waals surface area contributed by atoms with Crippen molar-refractivity contribution in [3.63, 3.8) is 0 Å². The number of benzene rings is 3. The van der Waals surface area contributed by atoms with Crippen LogP contribution in [0, 0.1) is 6.92 Å². The number of rotatable bonds is 4. The van der Waals surface area contributed by atoms with Crippen molar-refractivity contribution in [2.45, 2.75) is 13.5 Å². The van der Waals surface area contributed by atoms with Crippen molar-refractivity contribution in [2.75, 3.05) is 4.90 Å². The fourth-order valence-electron chi connectivity index (χ4n) is 2.56. The van der Waals surface area contributed by atoms with E-state index in [1.807, 2.05) is 0 Å². The molecule has 21 heavy (non-hydrogen) atoms. The van der Waals surface area contributed by atoms with Crippen molar-refractivity contribution in [2.24, 2.45) is 0 Å². The topological polar surface area (TPSA) is 3.24 Å². The highest BCUT2D eigenvalue weighted by atomic mass is 15.1. The molecule has 0 spiro atoms. The Morgan fingerprint density at radius 3 is 1.90 bits per heavy atom. The lowest BCUT2D eigenvalue weighted by molar-refractivity contribution is 0.969. The van der Waals surface area contributed by atoms with Gasteiger partial charge in [0.2, 0.25) is 0 Å². The summed E-state index contributed by atoms with van der Waals surface area (Å²) >= 11 is 0. The summed E-state index contributed by atoms with van der Waals surface area (Å²) in [6, 6.07) is 29.7. The van der Waals surface area contributed by atoms with Crippen LogP contribution in [-0.2, 0) is 6.54 Å². The van der Waals surface area contributed by atoms with Crippen molar-refractivity contribution >= 4 is 11.4 Å². The molecule has 0 bridgehead atoms. The van der Waals surface area contributed by atoms with Crippen molar-refractivity contribution in [3.8, 4) is 0 Å². The van der Waals surface area contributed by atoms with Crippen LogP contribution in [0.1, 0.15) is 11.1 Å². The van der Waals surface area contributed by atoms with E-state index in [1.54, 1.807) is 0 Å². The molecule has 1 heteroatoms. The van der Waals surface area contributed by atoms with E-state index in [0.29, 0.717) is 0 Å². The lowest BCUT2D eigenvalue weighted by Crippen LogP contribution is -2.17. The average Bonchev–Trinajstić information content (AvgIpc) is 2.55.